The number of methoxy groups -OCH3 is 1. The smallest absolute Gasteiger partial charge is 0.165 e. The van der Waals surface area contributed by atoms with E-state index in [0.717, 1.165) is 18.3 Å². The third kappa shape index (κ3) is 3.02. The van der Waals surface area contributed by atoms with Gasteiger partial charge in [-0.1, -0.05) is 39.3 Å². The van der Waals surface area contributed by atoms with Crippen LogP contribution < -0.4 is 4.74 Å². The lowest BCUT2D eigenvalue weighted by atomic mass is 9.55. The van der Waals surface area contributed by atoms with Crippen molar-refractivity contribution in [2.75, 3.05) is 7.11 Å². The monoisotopic (exact) mass is 344 g/mol. The molecule has 2 saturated carbocycles. The average molecular weight is 345 g/mol. The standard InChI is InChI=1S/C20H25FO.C3H8/c1-12-4-7-17-15-6-5-13-10-18(21)19(22-3)11-16(13)14(15)8-9-20(12,17)2;1-3-2/h10-11,14-15,17H,1,4-9H2,2-3H3;3H2,1-2H3/t14?,15?,17?,20-;/m1./s1. The number of ether oxygens (including phenoxy) is 1. The van der Waals surface area contributed by atoms with E-state index in [1.54, 1.807) is 13.2 Å². The summed E-state index contributed by atoms with van der Waals surface area (Å²) in [7, 11) is 1.56. The summed E-state index contributed by atoms with van der Waals surface area (Å²) < 4.78 is 19.2. The Kier molecular flexibility index (Phi) is 5.27. The van der Waals surface area contributed by atoms with E-state index in [1.807, 2.05) is 6.07 Å². The minimum absolute atomic E-state index is 0.213. The van der Waals surface area contributed by atoms with E-state index in [4.69, 9.17) is 4.74 Å². The first-order valence-corrected chi connectivity index (χ1v) is 10.0. The van der Waals surface area contributed by atoms with Crippen molar-refractivity contribution in [3.63, 3.8) is 0 Å². The molecule has 3 unspecified atom stereocenters. The van der Waals surface area contributed by atoms with Gasteiger partial charge in [0.05, 0.1) is 7.11 Å². The predicted molar refractivity (Wildman–Crippen MR) is 103 cm³/mol. The van der Waals surface area contributed by atoms with Crippen molar-refractivity contribution in [2.24, 2.45) is 17.3 Å². The quantitative estimate of drug-likeness (QED) is 0.517. The lowest BCUT2D eigenvalue weighted by Crippen LogP contribution is -2.40. The molecule has 25 heavy (non-hydrogen) atoms. The van der Waals surface area contributed by atoms with E-state index in [-0.39, 0.29) is 5.82 Å². The number of aryl methyl sites for hydroxylation is 1. The highest BCUT2D eigenvalue weighted by Gasteiger charge is 2.51. The van der Waals surface area contributed by atoms with Gasteiger partial charge in [-0.2, -0.15) is 0 Å². The van der Waals surface area contributed by atoms with Gasteiger partial charge in [-0.25, -0.2) is 4.39 Å². The highest BCUT2D eigenvalue weighted by molar-refractivity contribution is 5.42. The van der Waals surface area contributed by atoms with E-state index in [2.05, 4.69) is 27.4 Å². The first-order valence-electron chi connectivity index (χ1n) is 10.0. The highest BCUT2D eigenvalue weighted by atomic mass is 19.1. The van der Waals surface area contributed by atoms with Crippen LogP contribution in [0.15, 0.2) is 24.3 Å². The summed E-state index contributed by atoms with van der Waals surface area (Å²) in [5.41, 5.74) is 4.38. The van der Waals surface area contributed by atoms with Gasteiger partial charge in [0.2, 0.25) is 0 Å². The second-order valence-electron chi connectivity index (χ2n) is 8.41. The molecule has 4 rings (SSSR count). The molecule has 138 valence electrons. The fraction of sp³-hybridized carbons (Fsp3) is 0.652. The summed E-state index contributed by atoms with van der Waals surface area (Å²) >= 11 is 0. The van der Waals surface area contributed by atoms with E-state index in [1.165, 1.54) is 55.2 Å². The van der Waals surface area contributed by atoms with Crippen molar-refractivity contribution in [1.29, 1.82) is 0 Å². The normalized spacial score (nSPS) is 32.8. The Morgan fingerprint density at radius 3 is 2.60 bits per heavy atom. The van der Waals surface area contributed by atoms with Crippen LogP contribution in [0.4, 0.5) is 4.39 Å². The molecule has 0 N–H and O–H groups in total. The Balaban J connectivity index is 0.000000569. The average Bonchev–Trinajstić information content (AvgIpc) is 2.90. The van der Waals surface area contributed by atoms with Crippen LogP contribution in [0, 0.1) is 23.1 Å². The fourth-order valence-electron chi connectivity index (χ4n) is 5.63. The first kappa shape index (κ1) is 18.5. The molecule has 2 heteroatoms. The van der Waals surface area contributed by atoms with E-state index < -0.39 is 0 Å². The fourth-order valence-corrected chi connectivity index (χ4v) is 5.63. The van der Waals surface area contributed by atoms with Crippen LogP contribution >= 0.6 is 0 Å². The van der Waals surface area contributed by atoms with Crippen LogP contribution in [0.1, 0.15) is 76.3 Å². The molecule has 3 aliphatic rings. The lowest BCUT2D eigenvalue weighted by Gasteiger charge is -2.49. The summed E-state index contributed by atoms with van der Waals surface area (Å²) in [6.07, 6.45) is 8.40. The minimum Gasteiger partial charge on any atom is -0.494 e. The molecule has 0 radical (unpaired) electrons. The number of halogens is 1. The summed E-state index contributed by atoms with van der Waals surface area (Å²) in [4.78, 5) is 0. The van der Waals surface area contributed by atoms with Gasteiger partial charge in [0.25, 0.3) is 0 Å². The molecule has 2 fully saturated rings. The van der Waals surface area contributed by atoms with Crippen molar-refractivity contribution >= 4 is 0 Å². The maximum absolute atomic E-state index is 14.0. The molecular weight excluding hydrogens is 311 g/mol. The van der Waals surface area contributed by atoms with Crippen LogP contribution in [0.5, 0.6) is 5.75 Å². The number of rotatable bonds is 1. The van der Waals surface area contributed by atoms with Crippen molar-refractivity contribution < 1.29 is 9.13 Å². The van der Waals surface area contributed by atoms with Gasteiger partial charge in [-0.05, 0) is 85.0 Å². The van der Waals surface area contributed by atoms with Gasteiger partial charge in [0.1, 0.15) is 0 Å². The van der Waals surface area contributed by atoms with Crippen LogP contribution in [0.25, 0.3) is 0 Å². The van der Waals surface area contributed by atoms with Crippen molar-refractivity contribution in [3.05, 3.63) is 41.2 Å². The number of allylic oxidation sites excluding steroid dienone is 1. The molecule has 0 spiro atoms. The largest absolute Gasteiger partial charge is 0.494 e. The van der Waals surface area contributed by atoms with Gasteiger partial charge in [-0.15, -0.1) is 0 Å². The molecule has 1 nitrogen and oxygen atoms in total. The van der Waals surface area contributed by atoms with Crippen molar-refractivity contribution in [3.8, 4) is 5.75 Å². The van der Waals surface area contributed by atoms with Crippen LogP contribution in [-0.4, -0.2) is 7.11 Å². The predicted octanol–water partition coefficient (Wildman–Crippen LogP) is 6.66. The zero-order chi connectivity index (χ0) is 18.2. The molecule has 3 aliphatic carbocycles. The van der Waals surface area contributed by atoms with E-state index >= 15 is 0 Å². The summed E-state index contributed by atoms with van der Waals surface area (Å²) in [6, 6.07) is 3.69. The number of fused-ring (bicyclic) bond motifs is 5. The van der Waals surface area contributed by atoms with Crippen LogP contribution in [-0.2, 0) is 6.42 Å². The second-order valence-corrected chi connectivity index (χ2v) is 8.41. The van der Waals surface area contributed by atoms with Gasteiger partial charge in [0, 0.05) is 0 Å². The molecule has 1 aromatic carbocycles. The molecule has 0 aliphatic heterocycles. The van der Waals surface area contributed by atoms with Gasteiger partial charge < -0.3 is 4.74 Å². The molecule has 0 aromatic heterocycles. The zero-order valence-electron chi connectivity index (χ0n) is 16.3. The number of benzene rings is 1. The molecule has 0 amide bonds. The Labute approximate surface area is 152 Å². The van der Waals surface area contributed by atoms with Crippen molar-refractivity contribution in [1.82, 2.24) is 0 Å². The number of hydrogen-bond acceptors (Lipinski definition) is 1. The Morgan fingerprint density at radius 2 is 1.92 bits per heavy atom. The summed E-state index contributed by atoms with van der Waals surface area (Å²) in [6.45, 7) is 11.0. The molecular formula is C23H33FO. The highest BCUT2D eigenvalue weighted by Crippen LogP contribution is 2.62. The third-order valence-corrected chi connectivity index (χ3v) is 6.95. The summed E-state index contributed by atoms with van der Waals surface area (Å²) in [5, 5.41) is 0. The second kappa shape index (κ2) is 7.13. The summed E-state index contributed by atoms with van der Waals surface area (Å²) in [5.74, 6) is 2.28. The number of hydrogen-bond donors (Lipinski definition) is 0. The Morgan fingerprint density at radius 1 is 1.20 bits per heavy atom. The molecule has 1 aromatic rings. The van der Waals surface area contributed by atoms with E-state index in [0.29, 0.717) is 17.1 Å². The van der Waals surface area contributed by atoms with Crippen molar-refractivity contribution in [2.45, 2.75) is 71.6 Å². The molecule has 0 bridgehead atoms. The maximum Gasteiger partial charge on any atom is 0.165 e. The Bertz CT molecular complexity index is 650. The van der Waals surface area contributed by atoms with Crippen LogP contribution in [0.3, 0.4) is 0 Å². The van der Waals surface area contributed by atoms with Gasteiger partial charge >= 0.3 is 0 Å². The zero-order valence-corrected chi connectivity index (χ0v) is 16.3. The van der Waals surface area contributed by atoms with Crippen LogP contribution in [0.2, 0.25) is 0 Å². The molecule has 0 saturated heterocycles. The SMILES string of the molecule is C=C1CCC2C3CCc4cc(F)c(OC)cc4C3CC[C@]12C.CCC. The van der Waals surface area contributed by atoms with Gasteiger partial charge in [-0.3, -0.25) is 0 Å². The van der Waals surface area contributed by atoms with E-state index in [9.17, 15) is 4.39 Å². The molecule has 0 heterocycles. The minimum atomic E-state index is -0.213. The van der Waals surface area contributed by atoms with Gasteiger partial charge in [0.15, 0.2) is 11.6 Å². The lowest BCUT2D eigenvalue weighted by molar-refractivity contribution is 0.0814. The Hall–Kier alpha value is -1.31. The topological polar surface area (TPSA) is 9.23 Å². The molecule has 4 atom stereocenters. The first-order chi connectivity index (χ1) is 12.0. The third-order valence-electron chi connectivity index (χ3n) is 6.95. The maximum atomic E-state index is 14.0.